The normalized spacial score (nSPS) is 11.1. The Kier molecular flexibility index (Phi) is 4.35. The molecular formula is C19H15FN2O3. The Morgan fingerprint density at radius 3 is 2.60 bits per heavy atom. The van der Waals surface area contributed by atoms with E-state index in [2.05, 4.69) is 10.3 Å². The van der Waals surface area contributed by atoms with E-state index < -0.39 is 17.2 Å². The minimum Gasteiger partial charge on any atom is -0.508 e. The van der Waals surface area contributed by atoms with Crippen molar-refractivity contribution in [3.8, 4) is 5.75 Å². The number of hydrogen-bond acceptors (Lipinski definition) is 4. The van der Waals surface area contributed by atoms with E-state index in [9.17, 15) is 19.1 Å². The number of phenolic OH excluding ortho intramolecular Hbond substituents is 1. The van der Waals surface area contributed by atoms with Crippen LogP contribution in [0.15, 0.2) is 53.3 Å². The molecule has 0 amide bonds. The number of carbonyl (C=O) groups is 1. The number of pyridine rings is 1. The number of anilines is 1. The van der Waals surface area contributed by atoms with Crippen LogP contribution in [0.5, 0.6) is 5.75 Å². The van der Waals surface area contributed by atoms with Gasteiger partial charge in [0.25, 0.3) is 5.56 Å². The van der Waals surface area contributed by atoms with E-state index in [1.165, 1.54) is 42.5 Å². The first-order valence-corrected chi connectivity index (χ1v) is 7.53. The lowest BCUT2D eigenvalue weighted by atomic mass is 10.1. The largest absolute Gasteiger partial charge is 0.508 e. The number of phenols is 1. The number of hydrogen-bond donors (Lipinski definition) is 3. The summed E-state index contributed by atoms with van der Waals surface area (Å²) in [5.41, 5.74) is 0.955. The van der Waals surface area contributed by atoms with Crippen molar-refractivity contribution in [2.24, 2.45) is 0 Å². The van der Waals surface area contributed by atoms with Gasteiger partial charge in [-0.05, 0) is 42.0 Å². The summed E-state index contributed by atoms with van der Waals surface area (Å²) in [5.74, 6) is -0.842. The summed E-state index contributed by atoms with van der Waals surface area (Å²) in [6.45, 7) is 0. The molecule has 6 heteroatoms. The van der Waals surface area contributed by atoms with Gasteiger partial charge in [-0.15, -0.1) is 0 Å². The van der Waals surface area contributed by atoms with Gasteiger partial charge in [0.2, 0.25) is 0 Å². The van der Waals surface area contributed by atoms with Gasteiger partial charge in [-0.3, -0.25) is 9.59 Å². The number of carbonyl (C=O) groups excluding carboxylic acids is 1. The predicted molar refractivity (Wildman–Crippen MR) is 95.5 cm³/mol. The van der Waals surface area contributed by atoms with Crippen LogP contribution in [0.3, 0.4) is 0 Å². The highest BCUT2D eigenvalue weighted by Gasteiger charge is 2.12. The maximum Gasteiger partial charge on any atom is 0.259 e. The lowest BCUT2D eigenvalue weighted by molar-refractivity contribution is 0.104. The molecule has 25 heavy (non-hydrogen) atoms. The second kappa shape index (κ2) is 6.60. The molecule has 0 atom stereocenters. The highest BCUT2D eigenvalue weighted by Crippen LogP contribution is 2.22. The number of rotatable bonds is 4. The Morgan fingerprint density at radius 1 is 1.20 bits per heavy atom. The molecule has 126 valence electrons. The fourth-order valence-corrected chi connectivity index (χ4v) is 2.51. The molecule has 0 fully saturated rings. The molecule has 1 aromatic heterocycles. The number of benzene rings is 2. The standard InChI is InChI=1S/C19H15FN2O3/c1-21-16-10-13(20)8-12-9-15(19(25)22-18(12)16)17(24)7-4-11-2-5-14(23)6-3-11/h2-10,21,23H,1H3,(H,22,25)/b7-4+. The van der Waals surface area contributed by atoms with E-state index in [1.807, 2.05) is 0 Å². The number of aromatic nitrogens is 1. The van der Waals surface area contributed by atoms with Crippen molar-refractivity contribution in [2.45, 2.75) is 0 Å². The molecule has 0 aliphatic carbocycles. The molecule has 0 saturated carbocycles. The number of aromatic hydroxyl groups is 1. The molecule has 0 spiro atoms. The number of ketones is 1. The van der Waals surface area contributed by atoms with Crippen molar-refractivity contribution in [2.75, 3.05) is 12.4 Å². The van der Waals surface area contributed by atoms with Crippen molar-refractivity contribution in [1.29, 1.82) is 0 Å². The lowest BCUT2D eigenvalue weighted by Crippen LogP contribution is -2.16. The van der Waals surface area contributed by atoms with Crippen LogP contribution in [-0.2, 0) is 0 Å². The predicted octanol–water partition coefficient (Wildman–Crippen LogP) is 3.31. The van der Waals surface area contributed by atoms with Crippen LogP contribution < -0.4 is 10.9 Å². The molecule has 2 aromatic carbocycles. The Balaban J connectivity index is 2.00. The molecule has 3 N–H and O–H groups in total. The second-order valence-electron chi connectivity index (χ2n) is 5.47. The third-order valence-electron chi connectivity index (χ3n) is 3.77. The molecule has 3 rings (SSSR count). The fourth-order valence-electron chi connectivity index (χ4n) is 2.51. The number of nitrogens with one attached hydrogen (secondary N) is 2. The first kappa shape index (κ1) is 16.4. The Hall–Kier alpha value is -3.41. The van der Waals surface area contributed by atoms with Crippen molar-refractivity contribution in [3.63, 3.8) is 0 Å². The zero-order valence-corrected chi connectivity index (χ0v) is 13.3. The lowest BCUT2D eigenvalue weighted by Gasteiger charge is -2.07. The van der Waals surface area contributed by atoms with E-state index in [0.717, 1.165) is 0 Å². The van der Waals surface area contributed by atoms with Gasteiger partial charge >= 0.3 is 0 Å². The summed E-state index contributed by atoms with van der Waals surface area (Å²) in [4.78, 5) is 27.2. The molecule has 0 aliphatic rings. The minimum absolute atomic E-state index is 0.0739. The Bertz CT molecular complexity index is 1040. The maximum absolute atomic E-state index is 13.7. The average molecular weight is 338 g/mol. The zero-order chi connectivity index (χ0) is 18.0. The molecule has 1 heterocycles. The summed E-state index contributed by atoms with van der Waals surface area (Å²) in [5, 5.41) is 12.5. The topological polar surface area (TPSA) is 82.2 Å². The van der Waals surface area contributed by atoms with Crippen LogP contribution in [0.25, 0.3) is 17.0 Å². The van der Waals surface area contributed by atoms with E-state index in [-0.39, 0.29) is 11.3 Å². The third-order valence-corrected chi connectivity index (χ3v) is 3.77. The summed E-state index contributed by atoms with van der Waals surface area (Å²) in [6, 6.07) is 10.2. The van der Waals surface area contributed by atoms with Gasteiger partial charge in [0.05, 0.1) is 16.8 Å². The monoisotopic (exact) mass is 338 g/mol. The summed E-state index contributed by atoms with van der Waals surface area (Å²) in [7, 11) is 1.62. The summed E-state index contributed by atoms with van der Waals surface area (Å²) in [6.07, 6.45) is 2.80. The van der Waals surface area contributed by atoms with Crippen LogP contribution in [0.4, 0.5) is 10.1 Å². The zero-order valence-electron chi connectivity index (χ0n) is 13.3. The quantitative estimate of drug-likeness (QED) is 0.503. The molecular weight excluding hydrogens is 323 g/mol. The minimum atomic E-state index is -0.545. The van der Waals surface area contributed by atoms with E-state index in [1.54, 1.807) is 19.2 Å². The van der Waals surface area contributed by atoms with Crippen LogP contribution in [0.2, 0.25) is 0 Å². The molecule has 0 saturated heterocycles. The Labute approximate surface area is 142 Å². The highest BCUT2D eigenvalue weighted by atomic mass is 19.1. The summed E-state index contributed by atoms with van der Waals surface area (Å²) < 4.78 is 13.7. The highest BCUT2D eigenvalue weighted by molar-refractivity contribution is 6.08. The smallest absolute Gasteiger partial charge is 0.259 e. The maximum atomic E-state index is 13.7. The van der Waals surface area contributed by atoms with Crippen LogP contribution in [-0.4, -0.2) is 22.9 Å². The average Bonchev–Trinajstić information content (AvgIpc) is 2.60. The molecule has 0 aliphatic heterocycles. The molecule has 3 aromatic rings. The van der Waals surface area contributed by atoms with Crippen LogP contribution in [0.1, 0.15) is 15.9 Å². The van der Waals surface area contributed by atoms with E-state index >= 15 is 0 Å². The van der Waals surface area contributed by atoms with Crippen molar-refractivity contribution < 1.29 is 14.3 Å². The SMILES string of the molecule is CNc1cc(F)cc2cc(C(=O)/C=C/c3ccc(O)cc3)c(=O)[nH]c12. The van der Waals surface area contributed by atoms with Gasteiger partial charge in [-0.1, -0.05) is 18.2 Å². The molecule has 0 bridgehead atoms. The van der Waals surface area contributed by atoms with Crippen molar-refractivity contribution >= 4 is 28.4 Å². The van der Waals surface area contributed by atoms with E-state index in [4.69, 9.17) is 0 Å². The van der Waals surface area contributed by atoms with Gasteiger partial charge in [-0.2, -0.15) is 0 Å². The van der Waals surface area contributed by atoms with Crippen molar-refractivity contribution in [1.82, 2.24) is 4.98 Å². The first-order chi connectivity index (χ1) is 12.0. The number of allylic oxidation sites excluding steroid dienone is 1. The van der Waals surface area contributed by atoms with Gasteiger partial charge in [0.15, 0.2) is 5.78 Å². The van der Waals surface area contributed by atoms with Gasteiger partial charge in [0.1, 0.15) is 11.6 Å². The second-order valence-corrected chi connectivity index (χ2v) is 5.47. The van der Waals surface area contributed by atoms with E-state index in [0.29, 0.717) is 22.2 Å². The first-order valence-electron chi connectivity index (χ1n) is 7.53. The molecule has 0 unspecified atom stereocenters. The van der Waals surface area contributed by atoms with Gasteiger partial charge < -0.3 is 15.4 Å². The number of halogens is 1. The number of aromatic amines is 1. The Morgan fingerprint density at radius 2 is 1.92 bits per heavy atom. The van der Waals surface area contributed by atoms with Gasteiger partial charge in [0, 0.05) is 12.4 Å². The number of fused-ring (bicyclic) bond motifs is 1. The molecule has 5 nitrogen and oxygen atoms in total. The van der Waals surface area contributed by atoms with Crippen molar-refractivity contribution in [3.05, 3.63) is 75.8 Å². The fraction of sp³-hybridized carbons (Fsp3) is 0.0526. The van der Waals surface area contributed by atoms with Crippen LogP contribution in [0, 0.1) is 5.82 Å². The van der Waals surface area contributed by atoms with Gasteiger partial charge in [-0.25, -0.2) is 4.39 Å². The third kappa shape index (κ3) is 3.42. The number of H-pyrrole nitrogens is 1. The van der Waals surface area contributed by atoms with Crippen LogP contribution >= 0.6 is 0 Å². The molecule has 0 radical (unpaired) electrons. The summed E-state index contributed by atoms with van der Waals surface area (Å²) >= 11 is 0.